The topological polar surface area (TPSA) is 46.2 Å². The molecule has 0 heterocycles. The minimum atomic E-state index is -2.36. The van der Waals surface area contributed by atoms with E-state index in [1.54, 1.807) is 21.3 Å². The van der Waals surface area contributed by atoms with Crippen molar-refractivity contribution in [2.45, 2.75) is 76.9 Å². The molecule has 0 aliphatic carbocycles. The number of unbranched alkanes of at least 4 members (excludes halogenated alkanes) is 8. The molecule has 0 radical (unpaired) electrons. The lowest BCUT2D eigenvalue weighted by Crippen LogP contribution is -2.42. The van der Waals surface area contributed by atoms with E-state index in [1.807, 2.05) is 30.3 Å². The number of hydrogen-bond donors (Lipinski definition) is 0. The van der Waals surface area contributed by atoms with Crippen LogP contribution in [0, 0.1) is 0 Å². The quantitative estimate of drug-likeness (QED) is 0.205. The molecule has 1 aromatic rings. The lowest BCUT2D eigenvalue weighted by atomic mass is 10.1. The summed E-state index contributed by atoms with van der Waals surface area (Å²) >= 11 is 0. The first-order chi connectivity index (χ1) is 14.2. The molecule has 0 aliphatic heterocycles. The fourth-order valence-corrected chi connectivity index (χ4v) is 5.15. The highest BCUT2D eigenvalue weighted by Crippen LogP contribution is 2.18. The Hall–Kier alpha value is -0.923. The van der Waals surface area contributed by atoms with Crippen LogP contribution in [-0.4, -0.2) is 49.5 Å². The molecule has 0 bridgehead atoms. The van der Waals surface area contributed by atoms with E-state index in [9.17, 15) is 0 Å². The van der Waals surface area contributed by atoms with Gasteiger partial charge in [-0.3, -0.25) is 0 Å². The molecular weight excluding hydrogens is 384 g/mol. The average Bonchev–Trinajstić information content (AvgIpc) is 2.75. The zero-order chi connectivity index (χ0) is 21.2. The second-order valence-electron chi connectivity index (χ2n) is 7.54. The highest BCUT2D eigenvalue weighted by atomic mass is 28.4. The Morgan fingerprint density at radius 2 is 1.24 bits per heavy atom. The number of ether oxygens (including phenoxy) is 2. The van der Waals surface area contributed by atoms with Gasteiger partial charge in [0, 0.05) is 34.0 Å². The summed E-state index contributed by atoms with van der Waals surface area (Å²) in [5.74, 6) is 0.904. The largest absolute Gasteiger partial charge is 0.500 e. The first kappa shape index (κ1) is 26.1. The third-order valence-corrected chi connectivity index (χ3v) is 7.97. The monoisotopic (exact) mass is 426 g/mol. The fourth-order valence-electron chi connectivity index (χ4n) is 3.35. The lowest BCUT2D eigenvalue weighted by Gasteiger charge is -2.24. The molecule has 1 unspecified atom stereocenters. The Kier molecular flexibility index (Phi) is 15.2. The molecule has 1 rings (SSSR count). The minimum absolute atomic E-state index is 0.0851. The molecule has 0 aliphatic rings. The van der Waals surface area contributed by atoms with Crippen LogP contribution in [0.1, 0.15) is 64.7 Å². The molecule has 0 fully saturated rings. The van der Waals surface area contributed by atoms with Gasteiger partial charge in [-0.2, -0.15) is 0 Å². The van der Waals surface area contributed by atoms with E-state index < -0.39 is 8.80 Å². The Morgan fingerprint density at radius 3 is 1.79 bits per heavy atom. The maximum Gasteiger partial charge on any atom is 0.500 e. The van der Waals surface area contributed by atoms with Gasteiger partial charge >= 0.3 is 8.80 Å². The normalized spacial score (nSPS) is 12.8. The van der Waals surface area contributed by atoms with Crippen molar-refractivity contribution in [2.75, 3.05) is 34.5 Å². The molecule has 168 valence electrons. The van der Waals surface area contributed by atoms with E-state index in [2.05, 4.69) is 6.92 Å². The molecule has 5 nitrogen and oxygen atoms in total. The van der Waals surface area contributed by atoms with E-state index in [0.717, 1.165) is 31.2 Å². The summed E-state index contributed by atoms with van der Waals surface area (Å²) in [6.07, 6.45) is 11.3. The van der Waals surface area contributed by atoms with Crippen molar-refractivity contribution in [1.29, 1.82) is 0 Å². The van der Waals surface area contributed by atoms with Gasteiger partial charge in [0.05, 0.1) is 6.61 Å². The predicted octanol–water partition coefficient (Wildman–Crippen LogP) is 5.86. The van der Waals surface area contributed by atoms with E-state index >= 15 is 0 Å². The Bertz CT molecular complexity index is 473. The van der Waals surface area contributed by atoms with Crippen molar-refractivity contribution in [2.24, 2.45) is 0 Å². The second kappa shape index (κ2) is 16.8. The van der Waals surface area contributed by atoms with Gasteiger partial charge in [-0.15, -0.1) is 0 Å². The predicted molar refractivity (Wildman–Crippen MR) is 120 cm³/mol. The van der Waals surface area contributed by atoms with Crippen LogP contribution in [0.15, 0.2) is 30.3 Å². The van der Waals surface area contributed by atoms with Crippen LogP contribution in [0.2, 0.25) is 6.04 Å². The highest BCUT2D eigenvalue weighted by Gasteiger charge is 2.36. The van der Waals surface area contributed by atoms with Gasteiger partial charge in [-0.1, -0.05) is 63.1 Å². The van der Waals surface area contributed by atoms with Gasteiger partial charge < -0.3 is 22.8 Å². The molecule has 0 saturated heterocycles. The standard InChI is InChI=1S/C23H42O5Si/c1-22(28-23-17-13-12-14-18-23)21-27-19-15-10-8-6-5-7-9-11-16-20-29(24-2,25-3)26-4/h12-14,17-18,22H,5-11,15-16,19-21H2,1-4H3. The van der Waals surface area contributed by atoms with E-state index in [-0.39, 0.29) is 6.10 Å². The van der Waals surface area contributed by atoms with Crippen molar-refractivity contribution in [1.82, 2.24) is 0 Å². The van der Waals surface area contributed by atoms with Crippen LogP contribution in [0.3, 0.4) is 0 Å². The molecule has 0 saturated carbocycles. The van der Waals surface area contributed by atoms with Gasteiger partial charge in [0.2, 0.25) is 0 Å². The van der Waals surface area contributed by atoms with Gasteiger partial charge in [0.15, 0.2) is 0 Å². The van der Waals surface area contributed by atoms with Gasteiger partial charge in [0.25, 0.3) is 0 Å². The van der Waals surface area contributed by atoms with Crippen molar-refractivity contribution in [3.63, 3.8) is 0 Å². The van der Waals surface area contributed by atoms with Crippen LogP contribution in [0.4, 0.5) is 0 Å². The summed E-state index contributed by atoms with van der Waals surface area (Å²) in [5, 5.41) is 0. The summed E-state index contributed by atoms with van der Waals surface area (Å²) in [6.45, 7) is 3.52. The summed E-state index contributed by atoms with van der Waals surface area (Å²) < 4.78 is 27.9. The molecule has 29 heavy (non-hydrogen) atoms. The van der Waals surface area contributed by atoms with Crippen molar-refractivity contribution in [3.05, 3.63) is 30.3 Å². The van der Waals surface area contributed by atoms with Crippen LogP contribution in [0.25, 0.3) is 0 Å². The summed E-state index contributed by atoms with van der Waals surface area (Å²) in [6, 6.07) is 10.8. The number of rotatable bonds is 19. The van der Waals surface area contributed by atoms with E-state index in [4.69, 9.17) is 22.8 Å². The average molecular weight is 427 g/mol. The molecule has 1 aromatic carbocycles. The highest BCUT2D eigenvalue weighted by molar-refractivity contribution is 6.60. The van der Waals surface area contributed by atoms with Gasteiger partial charge in [-0.25, -0.2) is 0 Å². The first-order valence-corrected chi connectivity index (χ1v) is 13.0. The van der Waals surface area contributed by atoms with Crippen LogP contribution >= 0.6 is 0 Å². The van der Waals surface area contributed by atoms with Crippen molar-refractivity contribution >= 4 is 8.80 Å². The molecule has 0 aromatic heterocycles. The Balaban J connectivity index is 1.85. The summed E-state index contributed by atoms with van der Waals surface area (Å²) in [7, 11) is 2.69. The second-order valence-corrected chi connectivity index (χ2v) is 10.6. The third kappa shape index (κ3) is 12.4. The zero-order valence-electron chi connectivity index (χ0n) is 19.0. The Labute approximate surface area is 179 Å². The lowest BCUT2D eigenvalue weighted by molar-refractivity contribution is 0.0565. The summed E-state index contributed by atoms with van der Waals surface area (Å²) in [4.78, 5) is 0. The summed E-state index contributed by atoms with van der Waals surface area (Å²) in [5.41, 5.74) is 0. The molecular formula is C23H42O5Si. The zero-order valence-corrected chi connectivity index (χ0v) is 20.0. The van der Waals surface area contributed by atoms with E-state index in [1.165, 1.54) is 44.9 Å². The van der Waals surface area contributed by atoms with Crippen molar-refractivity contribution in [3.8, 4) is 5.75 Å². The van der Waals surface area contributed by atoms with Crippen LogP contribution in [-0.2, 0) is 18.0 Å². The first-order valence-electron chi connectivity index (χ1n) is 11.1. The number of benzene rings is 1. The number of para-hydroxylation sites is 1. The van der Waals surface area contributed by atoms with Crippen LogP contribution < -0.4 is 4.74 Å². The molecule has 0 N–H and O–H groups in total. The van der Waals surface area contributed by atoms with Gasteiger partial charge in [0.1, 0.15) is 11.9 Å². The van der Waals surface area contributed by atoms with Gasteiger partial charge in [-0.05, 0) is 31.9 Å². The molecule has 0 amide bonds. The molecule has 6 heteroatoms. The van der Waals surface area contributed by atoms with E-state index in [0.29, 0.717) is 6.61 Å². The maximum absolute atomic E-state index is 5.81. The molecule has 0 spiro atoms. The SMILES string of the molecule is CO[Si](CCCCCCCCCCCOCC(C)Oc1ccccc1)(OC)OC. The minimum Gasteiger partial charge on any atom is -0.488 e. The smallest absolute Gasteiger partial charge is 0.488 e. The fraction of sp³-hybridized carbons (Fsp3) is 0.739. The molecule has 1 atom stereocenters. The maximum atomic E-state index is 5.81. The van der Waals surface area contributed by atoms with Crippen LogP contribution in [0.5, 0.6) is 5.75 Å². The number of hydrogen-bond acceptors (Lipinski definition) is 5. The Morgan fingerprint density at radius 1 is 0.724 bits per heavy atom. The third-order valence-electron chi connectivity index (χ3n) is 5.14. The van der Waals surface area contributed by atoms with Crippen molar-refractivity contribution < 1.29 is 22.8 Å².